The Kier molecular flexibility index (Phi) is 4.11. The van der Waals surface area contributed by atoms with Crippen molar-refractivity contribution >= 4 is 17.3 Å². The largest absolute Gasteiger partial charge is 0.506 e. The van der Waals surface area contributed by atoms with Gasteiger partial charge in [0.2, 0.25) is 0 Å². The van der Waals surface area contributed by atoms with Crippen molar-refractivity contribution in [2.24, 2.45) is 0 Å². The molecule has 1 unspecified atom stereocenters. The fourth-order valence-corrected chi connectivity index (χ4v) is 2.07. The molecule has 0 aliphatic rings. The van der Waals surface area contributed by atoms with Gasteiger partial charge >= 0.3 is 0 Å². The lowest BCUT2D eigenvalue weighted by Gasteiger charge is -2.14. The van der Waals surface area contributed by atoms with Gasteiger partial charge in [-0.15, -0.1) is 0 Å². The van der Waals surface area contributed by atoms with Crippen LogP contribution in [0.4, 0.5) is 10.1 Å². The highest BCUT2D eigenvalue weighted by Crippen LogP contribution is 2.28. The summed E-state index contributed by atoms with van der Waals surface area (Å²) in [6.45, 7) is 1.77. The molecule has 2 N–H and O–H groups in total. The third-order valence-electron chi connectivity index (χ3n) is 2.79. The van der Waals surface area contributed by atoms with E-state index in [1.54, 1.807) is 19.1 Å². The average Bonchev–Trinajstić information content (AvgIpc) is 2.38. The molecule has 0 aliphatic carbocycles. The van der Waals surface area contributed by atoms with E-state index in [4.69, 9.17) is 11.6 Å². The maximum absolute atomic E-state index is 13.3. The number of halogens is 2. The predicted octanol–water partition coefficient (Wildman–Crippen LogP) is 4.17. The van der Waals surface area contributed by atoms with Crippen LogP contribution < -0.4 is 5.32 Å². The first-order valence-corrected chi connectivity index (χ1v) is 6.29. The number of hydrogen-bond donors (Lipinski definition) is 2. The number of nitriles is 1. The van der Waals surface area contributed by atoms with E-state index >= 15 is 0 Å². The van der Waals surface area contributed by atoms with E-state index in [-0.39, 0.29) is 16.6 Å². The Labute approximate surface area is 121 Å². The number of rotatable bonds is 3. The summed E-state index contributed by atoms with van der Waals surface area (Å²) in [4.78, 5) is 0. The lowest BCUT2D eigenvalue weighted by molar-refractivity contribution is 0.475. The molecule has 2 aromatic carbocycles. The first kappa shape index (κ1) is 14.2. The van der Waals surface area contributed by atoms with Crippen LogP contribution in [-0.2, 0) is 0 Å². The van der Waals surface area contributed by atoms with Gasteiger partial charge in [0, 0.05) is 5.69 Å². The summed E-state index contributed by atoms with van der Waals surface area (Å²) < 4.78 is 13.3. The van der Waals surface area contributed by atoms with Crippen LogP contribution in [0.2, 0.25) is 5.02 Å². The summed E-state index contributed by atoms with van der Waals surface area (Å²) in [5, 5.41) is 21.7. The molecule has 0 bridgehead atoms. The van der Waals surface area contributed by atoms with Crippen LogP contribution in [0.3, 0.4) is 0 Å². The Morgan fingerprint density at radius 3 is 2.65 bits per heavy atom. The molecule has 2 aromatic rings. The van der Waals surface area contributed by atoms with Crippen molar-refractivity contribution in [3.8, 4) is 11.8 Å². The Morgan fingerprint density at radius 2 is 2.05 bits per heavy atom. The smallest absolute Gasteiger partial charge is 0.140 e. The van der Waals surface area contributed by atoms with Crippen LogP contribution in [0.1, 0.15) is 17.2 Å². The van der Waals surface area contributed by atoms with Crippen molar-refractivity contribution in [2.75, 3.05) is 5.32 Å². The fourth-order valence-electron chi connectivity index (χ4n) is 1.88. The number of nitrogens with one attached hydrogen (secondary N) is 1. The van der Waals surface area contributed by atoms with Crippen molar-refractivity contribution in [3.63, 3.8) is 0 Å². The first-order chi connectivity index (χ1) is 9.49. The van der Waals surface area contributed by atoms with E-state index in [1.165, 1.54) is 24.3 Å². The third-order valence-corrected chi connectivity index (χ3v) is 3.09. The minimum Gasteiger partial charge on any atom is -0.506 e. The number of phenolic OH excluding ortho intramolecular Hbond substituents is 1. The van der Waals surface area contributed by atoms with Gasteiger partial charge in [-0.25, -0.2) is 4.39 Å². The quantitative estimate of drug-likeness (QED) is 0.892. The van der Waals surface area contributed by atoms with Gasteiger partial charge in [0.15, 0.2) is 0 Å². The molecule has 0 saturated heterocycles. The molecule has 0 aliphatic heterocycles. The van der Waals surface area contributed by atoms with Crippen molar-refractivity contribution in [1.29, 1.82) is 5.26 Å². The molecule has 2 rings (SSSR count). The molecule has 0 spiro atoms. The summed E-state index contributed by atoms with van der Waals surface area (Å²) >= 11 is 5.82. The van der Waals surface area contributed by atoms with Gasteiger partial charge in [0.1, 0.15) is 17.6 Å². The number of benzene rings is 2. The van der Waals surface area contributed by atoms with Crippen LogP contribution in [0.15, 0.2) is 36.4 Å². The molecule has 20 heavy (non-hydrogen) atoms. The number of nitrogens with zero attached hydrogens (tertiary/aromatic N) is 1. The Hall–Kier alpha value is -2.25. The highest BCUT2D eigenvalue weighted by atomic mass is 35.5. The summed E-state index contributed by atoms with van der Waals surface area (Å²) in [5.74, 6) is -0.415. The molecule has 3 nitrogen and oxygen atoms in total. The van der Waals surface area contributed by atoms with Gasteiger partial charge in [-0.3, -0.25) is 0 Å². The van der Waals surface area contributed by atoms with E-state index in [1.807, 2.05) is 0 Å². The summed E-state index contributed by atoms with van der Waals surface area (Å²) in [5.41, 5.74) is 1.86. The molecule has 1 atom stereocenters. The van der Waals surface area contributed by atoms with Crippen LogP contribution in [0.5, 0.6) is 5.75 Å². The molecule has 5 heteroatoms. The lowest BCUT2D eigenvalue weighted by atomic mass is 10.1. The number of anilines is 1. The molecular formula is C15H12ClFN2O. The van der Waals surface area contributed by atoms with Gasteiger partial charge in [0.05, 0.1) is 11.1 Å². The van der Waals surface area contributed by atoms with Gasteiger partial charge < -0.3 is 10.4 Å². The number of hydrogen-bond acceptors (Lipinski definition) is 3. The van der Waals surface area contributed by atoms with Gasteiger partial charge in [-0.05, 0) is 48.4 Å². The summed E-state index contributed by atoms with van der Waals surface area (Å²) in [6.07, 6.45) is 0. The predicted molar refractivity (Wildman–Crippen MR) is 76.2 cm³/mol. The molecule has 0 radical (unpaired) electrons. The summed E-state index contributed by atoms with van der Waals surface area (Å²) in [6, 6.07) is 10.4. The minimum absolute atomic E-state index is 0.0475. The topological polar surface area (TPSA) is 56.0 Å². The zero-order valence-corrected chi connectivity index (χ0v) is 11.4. The number of aryl methyl sites for hydroxylation is 1. The Morgan fingerprint density at radius 1 is 1.30 bits per heavy atom. The number of phenols is 1. The van der Waals surface area contributed by atoms with Gasteiger partial charge in [0.25, 0.3) is 0 Å². The van der Waals surface area contributed by atoms with Crippen molar-refractivity contribution in [2.45, 2.75) is 13.0 Å². The molecule has 0 saturated carbocycles. The second-order valence-corrected chi connectivity index (χ2v) is 4.84. The second kappa shape index (κ2) is 5.81. The zero-order valence-electron chi connectivity index (χ0n) is 10.7. The minimum atomic E-state index is -0.686. The van der Waals surface area contributed by atoms with Crippen molar-refractivity contribution in [1.82, 2.24) is 0 Å². The van der Waals surface area contributed by atoms with E-state index in [2.05, 4.69) is 11.4 Å². The van der Waals surface area contributed by atoms with Crippen LogP contribution >= 0.6 is 11.6 Å². The molecule has 0 aromatic heterocycles. The standard InChI is InChI=1S/C15H12ClFN2O/c1-9-4-11(17)7-12(5-9)19-14(8-18)10-2-3-15(20)13(16)6-10/h2-7,14,19-20H,1H3. The van der Waals surface area contributed by atoms with Crippen LogP contribution in [-0.4, -0.2) is 5.11 Å². The van der Waals surface area contributed by atoms with Gasteiger partial charge in [-0.2, -0.15) is 5.26 Å². The molecule has 0 fully saturated rings. The van der Waals surface area contributed by atoms with E-state index < -0.39 is 6.04 Å². The fraction of sp³-hybridized carbons (Fsp3) is 0.133. The second-order valence-electron chi connectivity index (χ2n) is 4.43. The van der Waals surface area contributed by atoms with Crippen molar-refractivity contribution < 1.29 is 9.50 Å². The monoisotopic (exact) mass is 290 g/mol. The Balaban J connectivity index is 2.29. The SMILES string of the molecule is Cc1cc(F)cc(NC(C#N)c2ccc(O)c(Cl)c2)c1. The van der Waals surface area contributed by atoms with Gasteiger partial charge in [-0.1, -0.05) is 17.7 Å². The highest BCUT2D eigenvalue weighted by molar-refractivity contribution is 6.32. The van der Waals surface area contributed by atoms with E-state index in [0.717, 1.165) is 5.56 Å². The van der Waals surface area contributed by atoms with E-state index in [0.29, 0.717) is 11.3 Å². The number of aromatic hydroxyl groups is 1. The zero-order chi connectivity index (χ0) is 14.7. The van der Waals surface area contributed by atoms with Crippen LogP contribution in [0.25, 0.3) is 0 Å². The summed E-state index contributed by atoms with van der Waals surface area (Å²) in [7, 11) is 0. The maximum atomic E-state index is 13.3. The van der Waals surface area contributed by atoms with E-state index in [9.17, 15) is 14.8 Å². The first-order valence-electron chi connectivity index (χ1n) is 5.91. The molecule has 0 amide bonds. The van der Waals surface area contributed by atoms with Crippen molar-refractivity contribution in [3.05, 3.63) is 58.4 Å². The third kappa shape index (κ3) is 3.19. The maximum Gasteiger partial charge on any atom is 0.140 e. The lowest BCUT2D eigenvalue weighted by Crippen LogP contribution is -2.08. The van der Waals surface area contributed by atoms with Crippen LogP contribution in [0, 0.1) is 24.1 Å². The molecule has 102 valence electrons. The Bertz CT molecular complexity index is 662. The molecule has 0 heterocycles. The highest BCUT2D eigenvalue weighted by Gasteiger charge is 2.12. The normalized spacial score (nSPS) is 11.7. The average molecular weight is 291 g/mol. The molecular weight excluding hydrogens is 279 g/mol.